The molecule has 0 aromatic carbocycles. The summed E-state index contributed by atoms with van der Waals surface area (Å²) in [6.07, 6.45) is 26.4. The molecule has 12 unspecified atom stereocenters. The Hall–Kier alpha value is -3.18. The average Bonchev–Trinajstić information content (AvgIpc) is 4.27. The summed E-state index contributed by atoms with van der Waals surface area (Å²) < 4.78 is 35.6. The lowest BCUT2D eigenvalue weighted by molar-refractivity contribution is -0.177. The molecule has 9 rings (SSSR count). The molecule has 6 bridgehead atoms. The van der Waals surface area contributed by atoms with Crippen molar-refractivity contribution in [3.05, 3.63) is 0 Å². The minimum Gasteiger partial charge on any atom is -0.462 e. The maximum absolute atomic E-state index is 13.0. The van der Waals surface area contributed by atoms with E-state index in [9.17, 15) is 28.8 Å². The number of rotatable bonds is 17. The maximum atomic E-state index is 13.0. The second kappa shape index (κ2) is 30.8. The zero-order chi connectivity index (χ0) is 54.7. The second-order valence-electron chi connectivity index (χ2n) is 27.8. The monoisotopic (exact) mass is 1150 g/mol. The van der Waals surface area contributed by atoms with E-state index in [0.717, 1.165) is 167 Å². The van der Waals surface area contributed by atoms with E-state index in [1.54, 1.807) is 0 Å². The molecule has 0 aromatic heterocycles. The van der Waals surface area contributed by atoms with Gasteiger partial charge in [-0.15, -0.1) is 0 Å². The molecule has 12 atom stereocenters. The van der Waals surface area contributed by atoms with Crippen LogP contribution in [0.2, 0.25) is 0 Å². The largest absolute Gasteiger partial charge is 0.462 e. The van der Waals surface area contributed by atoms with Crippen LogP contribution in [0, 0.1) is 69.5 Å². The van der Waals surface area contributed by atoms with Gasteiger partial charge in [-0.1, -0.05) is 85.6 Å². The van der Waals surface area contributed by atoms with Gasteiger partial charge in [0.05, 0.1) is 34.0 Å². The van der Waals surface area contributed by atoms with Crippen molar-refractivity contribution in [2.24, 2.45) is 69.5 Å². The zero-order valence-electron chi connectivity index (χ0n) is 48.9. The molecule has 0 radical (unpaired) electrons. The fourth-order valence-electron chi connectivity index (χ4n) is 14.8. The lowest BCUT2D eigenvalue weighted by Crippen LogP contribution is -2.42. The average molecular weight is 1150 g/mol. The summed E-state index contributed by atoms with van der Waals surface area (Å²) in [5.41, 5.74) is -2.09. The van der Waals surface area contributed by atoms with Crippen LogP contribution in [0.4, 0.5) is 0 Å². The molecular weight excluding hydrogens is 1020 g/mol. The third kappa shape index (κ3) is 17.5. The summed E-state index contributed by atoms with van der Waals surface area (Å²) in [7, 11) is 0. The minimum atomic E-state index is -0.452. The topological polar surface area (TPSA) is 158 Å². The van der Waals surface area contributed by atoms with Crippen LogP contribution in [0.1, 0.15) is 301 Å². The first-order chi connectivity index (χ1) is 35.3. The molecule has 474 valence electrons. The molecule has 9 aliphatic rings. The molecule has 12 heteroatoms. The normalized spacial score (nSPS) is 31.1. The van der Waals surface area contributed by atoms with Gasteiger partial charge in [-0.2, -0.15) is 0 Å². The van der Waals surface area contributed by atoms with Crippen LogP contribution in [-0.2, 0) is 57.2 Å². The fourth-order valence-corrected chi connectivity index (χ4v) is 14.8. The predicted molar refractivity (Wildman–Crippen MR) is 328 cm³/mol. The smallest absolute Gasteiger partial charge is 0.311 e. The van der Waals surface area contributed by atoms with Gasteiger partial charge in [0.2, 0.25) is 0 Å². The second-order valence-corrected chi connectivity index (χ2v) is 27.8. The standard InChI is InChI=1S/C22H36O4.C21H34O4.C20H32O4.6CH4/c1-5-21(3,4)20(24)25-18-14-15-12-16(18)17(13-15)19(23)26-22(6-2)10-8-7-9-11-22;1-5-20(3,4)19(23)24-17-13-14-11-15(17)16(12-14)18(22)25-21(6-2)9-7-8-10-21;1-5-19(2,3)18(22)23-16-12-13-10-14(16)15(11-13)17(21)24-20(4)8-6-7-9-20;;;;;;/h15-18H,5-14H2,1-4H3;14-17H,5-13H2,1-4H3;13-16H,5-12H2,1-4H3;6*1H4. The van der Waals surface area contributed by atoms with Gasteiger partial charge in [0.15, 0.2) is 0 Å². The van der Waals surface area contributed by atoms with Gasteiger partial charge >= 0.3 is 35.8 Å². The molecule has 0 amide bonds. The van der Waals surface area contributed by atoms with Crippen LogP contribution in [-0.4, -0.2) is 70.9 Å². The number of ether oxygens (including phenoxy) is 6. The van der Waals surface area contributed by atoms with E-state index < -0.39 is 16.2 Å². The molecule has 9 fully saturated rings. The van der Waals surface area contributed by atoms with Crippen LogP contribution >= 0.6 is 0 Å². The molecule has 0 N–H and O–H groups in total. The third-order valence-electron chi connectivity index (χ3n) is 21.5. The predicted octanol–water partition coefficient (Wildman–Crippen LogP) is 17.8. The Bertz CT molecular complexity index is 2000. The number of fused-ring (bicyclic) bond motifs is 6. The Morgan fingerprint density at radius 1 is 0.370 bits per heavy atom. The summed E-state index contributed by atoms with van der Waals surface area (Å²) in [6, 6.07) is 0. The lowest BCUT2D eigenvalue weighted by atomic mass is 9.81. The number of carbonyl (C=O) groups excluding carboxylic acids is 6. The first-order valence-electron chi connectivity index (χ1n) is 30.7. The number of esters is 6. The van der Waals surface area contributed by atoms with Gasteiger partial charge in [0, 0.05) is 17.8 Å². The Morgan fingerprint density at radius 2 is 0.630 bits per heavy atom. The van der Waals surface area contributed by atoms with Gasteiger partial charge < -0.3 is 28.4 Å². The number of hydrogen-bond acceptors (Lipinski definition) is 12. The molecule has 0 spiro atoms. The fraction of sp³-hybridized carbons (Fsp3) is 0.913. The van der Waals surface area contributed by atoms with Crippen LogP contribution < -0.4 is 0 Å². The van der Waals surface area contributed by atoms with Crippen molar-refractivity contribution in [3.63, 3.8) is 0 Å². The van der Waals surface area contributed by atoms with E-state index in [1.807, 2.05) is 62.3 Å². The molecule has 0 aliphatic heterocycles. The molecule has 12 nitrogen and oxygen atoms in total. The van der Waals surface area contributed by atoms with Crippen molar-refractivity contribution in [1.29, 1.82) is 0 Å². The number of carbonyl (C=O) groups is 6. The van der Waals surface area contributed by atoms with Crippen LogP contribution in [0.25, 0.3) is 0 Å². The summed E-state index contributed by atoms with van der Waals surface area (Å²) in [5.74, 6) is 1.25. The summed E-state index contributed by atoms with van der Waals surface area (Å²) in [5, 5.41) is 0. The van der Waals surface area contributed by atoms with Crippen molar-refractivity contribution in [3.8, 4) is 0 Å². The summed E-state index contributed by atoms with van der Waals surface area (Å²) in [6.45, 7) is 23.9. The Labute approximate surface area is 496 Å². The lowest BCUT2D eigenvalue weighted by Gasteiger charge is -2.38. The highest BCUT2D eigenvalue weighted by Gasteiger charge is 2.56. The van der Waals surface area contributed by atoms with E-state index in [-0.39, 0.29) is 151 Å². The van der Waals surface area contributed by atoms with Gasteiger partial charge in [-0.25, -0.2) is 0 Å². The van der Waals surface area contributed by atoms with Crippen molar-refractivity contribution in [2.45, 2.75) is 336 Å². The summed E-state index contributed by atoms with van der Waals surface area (Å²) >= 11 is 0. The van der Waals surface area contributed by atoms with Crippen LogP contribution in [0.5, 0.6) is 0 Å². The molecule has 0 saturated heterocycles. The molecule has 9 saturated carbocycles. The van der Waals surface area contributed by atoms with Crippen molar-refractivity contribution in [1.82, 2.24) is 0 Å². The quantitative estimate of drug-likeness (QED) is 0.100. The van der Waals surface area contributed by atoms with Gasteiger partial charge in [-0.05, 0) is 233 Å². The van der Waals surface area contributed by atoms with E-state index >= 15 is 0 Å². The van der Waals surface area contributed by atoms with Gasteiger partial charge in [0.25, 0.3) is 0 Å². The Balaban J connectivity index is 0.000000586. The third-order valence-corrected chi connectivity index (χ3v) is 21.5. The van der Waals surface area contributed by atoms with E-state index in [1.165, 1.54) is 6.42 Å². The summed E-state index contributed by atoms with van der Waals surface area (Å²) in [4.78, 5) is 75.9. The maximum Gasteiger partial charge on any atom is 0.311 e. The highest BCUT2D eigenvalue weighted by atomic mass is 16.6. The minimum absolute atomic E-state index is 0. The highest BCUT2D eigenvalue weighted by molar-refractivity contribution is 5.79. The SMILES string of the molecule is C.C.C.C.C.C.CCC(C)(C)C(=O)OC1CC2CC(C(=O)OC3(C)CCCC3)C1C2.CCC1(OC(=O)C2CC3CC(OC(=O)C(C)(C)CC)C2C3)CCCC1.CCC1(OC(=O)C2CC3CC(OC(=O)C(C)(C)CC)C2C3)CCCCC1. The van der Waals surface area contributed by atoms with Crippen molar-refractivity contribution >= 4 is 35.8 Å². The first-order valence-corrected chi connectivity index (χ1v) is 30.7. The number of hydrogen-bond donors (Lipinski definition) is 0. The Morgan fingerprint density at radius 3 is 0.889 bits per heavy atom. The zero-order valence-corrected chi connectivity index (χ0v) is 48.9. The molecule has 0 aromatic rings. The van der Waals surface area contributed by atoms with Gasteiger partial charge in [-0.3, -0.25) is 28.8 Å². The molecule has 0 heterocycles. The first kappa shape index (κ1) is 75.8. The van der Waals surface area contributed by atoms with Crippen LogP contribution in [0.15, 0.2) is 0 Å². The highest BCUT2D eigenvalue weighted by Crippen LogP contribution is 2.54. The van der Waals surface area contributed by atoms with E-state index in [4.69, 9.17) is 28.4 Å². The van der Waals surface area contributed by atoms with Crippen molar-refractivity contribution < 1.29 is 57.2 Å². The van der Waals surface area contributed by atoms with E-state index in [0.29, 0.717) is 17.8 Å². The van der Waals surface area contributed by atoms with Gasteiger partial charge in [0.1, 0.15) is 35.1 Å². The molecule has 81 heavy (non-hydrogen) atoms. The Kier molecular flexibility index (Phi) is 28.8. The molecule has 9 aliphatic carbocycles. The van der Waals surface area contributed by atoms with Crippen LogP contribution in [0.3, 0.4) is 0 Å². The van der Waals surface area contributed by atoms with Crippen molar-refractivity contribution in [2.75, 3.05) is 0 Å². The molecular formula is C69H126O12. The van der Waals surface area contributed by atoms with E-state index in [2.05, 4.69) is 20.8 Å².